The maximum absolute atomic E-state index is 12.6. The zero-order valence-corrected chi connectivity index (χ0v) is 43.5. The average Bonchev–Trinajstić information content (AvgIpc) is 4.20. The Morgan fingerprint density at radius 3 is 1.80 bits per heavy atom. The normalized spacial score (nSPS) is 15.2. The van der Waals surface area contributed by atoms with Crippen molar-refractivity contribution in [3.8, 4) is 41.2 Å². The second kappa shape index (κ2) is 20.6. The van der Waals surface area contributed by atoms with Gasteiger partial charge in [-0.2, -0.15) is 0 Å². The van der Waals surface area contributed by atoms with Gasteiger partial charge in [-0.1, -0.05) is 0 Å². The molecule has 0 aliphatic carbocycles. The van der Waals surface area contributed by atoms with Crippen LogP contribution < -0.4 is 13.7 Å². The summed E-state index contributed by atoms with van der Waals surface area (Å²) >= 11 is 3.55. The van der Waals surface area contributed by atoms with Crippen molar-refractivity contribution >= 4 is 102 Å². The van der Waals surface area contributed by atoms with Crippen LogP contribution >= 0.6 is 45.7 Å². The van der Waals surface area contributed by atoms with Gasteiger partial charge in [0, 0.05) is 0 Å². The number of anilines is 3. The molecule has 8 aromatic rings. The van der Waals surface area contributed by atoms with E-state index in [9.17, 15) is 4.79 Å². The molecule has 0 spiro atoms. The Morgan fingerprint density at radius 2 is 1.22 bits per heavy atom. The van der Waals surface area contributed by atoms with Crippen molar-refractivity contribution in [1.82, 2.24) is 13.7 Å². The van der Waals surface area contributed by atoms with E-state index in [4.69, 9.17) is 18.5 Å². The molecule has 0 amide bonds. The molecule has 11 heteroatoms. The van der Waals surface area contributed by atoms with Gasteiger partial charge in [-0.25, -0.2) is 0 Å². The van der Waals surface area contributed by atoms with Crippen LogP contribution in [0, 0.1) is 11.8 Å². The third-order valence-corrected chi connectivity index (χ3v) is 29.6. The summed E-state index contributed by atoms with van der Waals surface area (Å²) in [4.78, 5) is 27.1. The first-order valence-corrected chi connectivity index (χ1v) is 31.8. The molecule has 65 heavy (non-hydrogen) atoms. The molecular weight excluding hydrogens is 937 g/mol. The monoisotopic (exact) mass is 996 g/mol. The fourth-order valence-corrected chi connectivity index (χ4v) is 30.3. The Balaban J connectivity index is 1.16. The van der Waals surface area contributed by atoms with E-state index in [0.29, 0.717) is 23.3 Å². The van der Waals surface area contributed by atoms with Crippen LogP contribution in [0.1, 0.15) is 95.7 Å². The quantitative estimate of drug-likeness (QED) is 0.0560. The van der Waals surface area contributed by atoms with Gasteiger partial charge in [-0.15, -0.1) is 0 Å². The standard InChI is InChI=1S/C54H58GeN4O2S4/c1-6-11-19-36(8-3)33-55(34-37(9-4)20-12-7-2)43-31-47(38-25-27-41(28-26-38)59(39-21-15-13-16-22-39)40-23-17-14-18-24-40)63-52(43)53-44(55)32-48(64-53)42-35-56-50(51-49(42)57-65-58-51)45-29-30-46(62-45)54(60)61-10-5/h13-18,21-32,35-37H,6-12,19-20,33-34H2,1-5H3. The Kier molecular flexibility index (Phi) is 14.5. The van der Waals surface area contributed by atoms with E-state index in [1.807, 2.05) is 47.9 Å². The molecule has 334 valence electrons. The van der Waals surface area contributed by atoms with Crippen LogP contribution in [-0.4, -0.2) is 39.6 Å². The molecule has 1 aliphatic rings. The first-order valence-electron chi connectivity index (χ1n) is 23.6. The number of esters is 1. The van der Waals surface area contributed by atoms with E-state index in [0.717, 1.165) is 44.2 Å². The average molecular weight is 996 g/mol. The van der Waals surface area contributed by atoms with Crippen molar-refractivity contribution in [2.24, 2.45) is 11.8 Å². The van der Waals surface area contributed by atoms with E-state index in [1.54, 1.807) is 8.79 Å². The number of thiophene rings is 3. The number of hydrogen-bond acceptors (Lipinski definition) is 10. The zero-order chi connectivity index (χ0) is 44.9. The van der Waals surface area contributed by atoms with Crippen molar-refractivity contribution in [2.75, 3.05) is 11.5 Å². The van der Waals surface area contributed by atoms with Gasteiger partial charge in [0.15, 0.2) is 0 Å². The number of benzene rings is 3. The van der Waals surface area contributed by atoms with E-state index < -0.39 is 13.3 Å². The van der Waals surface area contributed by atoms with Crippen LogP contribution in [0.15, 0.2) is 115 Å². The number of para-hydroxylation sites is 2. The second-order valence-corrected chi connectivity index (χ2v) is 29.7. The molecule has 0 saturated carbocycles. The molecule has 0 bridgehead atoms. The number of fused-ring (bicyclic) bond motifs is 4. The van der Waals surface area contributed by atoms with Gasteiger partial charge in [0.05, 0.1) is 6.61 Å². The number of hydrogen-bond donors (Lipinski definition) is 0. The molecule has 3 aromatic carbocycles. The molecule has 0 N–H and O–H groups in total. The molecule has 1 aliphatic heterocycles. The van der Waals surface area contributed by atoms with Crippen LogP contribution in [0.3, 0.4) is 0 Å². The number of unbranched alkanes of at least 4 members (excludes halogenated alkanes) is 2. The number of pyridine rings is 1. The molecule has 6 heterocycles. The molecular formula is C54H58GeN4O2S4. The van der Waals surface area contributed by atoms with E-state index in [1.165, 1.54) is 110 Å². The van der Waals surface area contributed by atoms with E-state index in [2.05, 4.69) is 130 Å². The van der Waals surface area contributed by atoms with Crippen LogP contribution in [0.4, 0.5) is 17.1 Å². The molecule has 2 unspecified atom stereocenters. The Labute approximate surface area is 403 Å². The summed E-state index contributed by atoms with van der Waals surface area (Å²) in [6.45, 7) is 11.8. The Bertz CT molecular complexity index is 2790. The van der Waals surface area contributed by atoms with Crippen LogP contribution in [0.25, 0.3) is 52.2 Å². The fourth-order valence-electron chi connectivity index (χ4n) is 9.93. The molecule has 6 nitrogen and oxygen atoms in total. The molecule has 9 rings (SSSR count). The third-order valence-electron chi connectivity index (χ3n) is 13.4. The summed E-state index contributed by atoms with van der Waals surface area (Å²) in [7, 11) is 0. The zero-order valence-electron chi connectivity index (χ0n) is 38.1. The predicted molar refractivity (Wildman–Crippen MR) is 282 cm³/mol. The van der Waals surface area contributed by atoms with Crippen molar-refractivity contribution in [3.63, 3.8) is 0 Å². The molecule has 5 aromatic heterocycles. The topological polar surface area (TPSA) is 68.2 Å². The van der Waals surface area contributed by atoms with Crippen LogP contribution in [-0.2, 0) is 4.74 Å². The minimum atomic E-state index is -3.07. The molecule has 2 atom stereocenters. The number of carbonyl (C=O) groups excluding carboxylic acids is 1. The third kappa shape index (κ3) is 9.18. The van der Waals surface area contributed by atoms with Crippen LogP contribution in [0.5, 0.6) is 0 Å². The van der Waals surface area contributed by atoms with Gasteiger partial charge < -0.3 is 0 Å². The summed E-state index contributed by atoms with van der Waals surface area (Å²) in [5.74, 6) is 1.12. The Hall–Kier alpha value is -4.46. The number of aromatic nitrogens is 3. The fraction of sp³-hybridized carbons (Fsp3) is 0.333. The number of ether oxygens (including phenoxy) is 1. The number of rotatable bonds is 20. The summed E-state index contributed by atoms with van der Waals surface area (Å²) < 4.78 is 18.5. The molecule has 0 fully saturated rings. The molecule has 0 radical (unpaired) electrons. The van der Waals surface area contributed by atoms with Gasteiger partial charge in [0.25, 0.3) is 0 Å². The van der Waals surface area contributed by atoms with Gasteiger partial charge in [0.2, 0.25) is 0 Å². The van der Waals surface area contributed by atoms with Crippen molar-refractivity contribution in [3.05, 3.63) is 120 Å². The van der Waals surface area contributed by atoms with Crippen molar-refractivity contribution in [1.29, 1.82) is 0 Å². The maximum atomic E-state index is 12.6. The van der Waals surface area contributed by atoms with Gasteiger partial charge >= 0.3 is 393 Å². The SMILES string of the molecule is CCCCC(CC)[CH2][Ge]1([CH2]C(CC)CCCC)[c]2cc(-c3ccc(N(c4ccccc4)c4ccccc4)cc3)sc2-c2sc(-c3cnc(-c4ccc(C(=O)OCC)s4)c4nsnc34)c[c]21. The predicted octanol–water partition coefficient (Wildman–Crippen LogP) is 15.9. The number of carbonyl (C=O) groups is 1. The summed E-state index contributed by atoms with van der Waals surface area (Å²) in [6.07, 6.45) is 12.2. The van der Waals surface area contributed by atoms with Crippen LogP contribution in [0.2, 0.25) is 10.5 Å². The first kappa shape index (κ1) is 45.7. The van der Waals surface area contributed by atoms with Crippen molar-refractivity contribution < 1.29 is 9.53 Å². The van der Waals surface area contributed by atoms with Gasteiger partial charge in [-0.05, 0) is 6.92 Å². The van der Waals surface area contributed by atoms with E-state index >= 15 is 0 Å². The van der Waals surface area contributed by atoms with Crippen molar-refractivity contribution in [2.45, 2.75) is 96.5 Å². The molecule has 0 saturated heterocycles. The summed E-state index contributed by atoms with van der Waals surface area (Å²) in [5, 5.41) is 2.69. The van der Waals surface area contributed by atoms with E-state index in [-0.39, 0.29) is 5.97 Å². The van der Waals surface area contributed by atoms with Gasteiger partial charge in [-0.3, -0.25) is 0 Å². The first-order chi connectivity index (χ1) is 31.9. The minimum absolute atomic E-state index is 0.305. The second-order valence-electron chi connectivity index (χ2n) is 17.4. The summed E-state index contributed by atoms with van der Waals surface area (Å²) in [5.41, 5.74) is 8.24. The number of nitrogens with zero attached hydrogens (tertiary/aromatic N) is 4. The van der Waals surface area contributed by atoms with Gasteiger partial charge in [0.1, 0.15) is 0 Å². The Morgan fingerprint density at radius 1 is 0.646 bits per heavy atom. The summed E-state index contributed by atoms with van der Waals surface area (Å²) in [6, 6.07) is 39.7.